The highest BCUT2D eigenvalue weighted by Gasteiger charge is 2.00. The van der Waals surface area contributed by atoms with E-state index >= 15 is 0 Å². The highest BCUT2D eigenvalue weighted by molar-refractivity contribution is 7.07. The van der Waals surface area contributed by atoms with Crippen molar-refractivity contribution in [3.63, 3.8) is 0 Å². The van der Waals surface area contributed by atoms with Gasteiger partial charge in [0.1, 0.15) is 4.88 Å². The van der Waals surface area contributed by atoms with Crippen LogP contribution in [-0.2, 0) is 4.79 Å². The Morgan fingerprint density at radius 1 is 1.75 bits per heavy atom. The van der Waals surface area contributed by atoms with Crippen molar-refractivity contribution >= 4 is 23.8 Å². The van der Waals surface area contributed by atoms with Crippen LogP contribution in [0, 0.1) is 11.8 Å². The standard InChI is InChI=1S/C7H3NO3S/c9-4-6-5(3-8-12-6)1-2-7(10)11/h3-4H,(H,10,11). The lowest BCUT2D eigenvalue weighted by Gasteiger charge is -1.78. The molecule has 1 heterocycles. The van der Waals surface area contributed by atoms with Gasteiger partial charge in [0.05, 0.1) is 11.8 Å². The number of aromatic nitrogens is 1. The third-order valence-electron chi connectivity index (χ3n) is 1.01. The minimum atomic E-state index is -1.22. The lowest BCUT2D eigenvalue weighted by molar-refractivity contribution is -0.130. The number of carbonyl (C=O) groups excluding carboxylic acids is 1. The molecule has 0 amide bonds. The lowest BCUT2D eigenvalue weighted by Crippen LogP contribution is -1.87. The Bertz CT molecular complexity index is 371. The molecule has 60 valence electrons. The first-order chi connectivity index (χ1) is 5.74. The summed E-state index contributed by atoms with van der Waals surface area (Å²) in [5.74, 6) is 2.98. The third kappa shape index (κ3) is 1.90. The molecule has 12 heavy (non-hydrogen) atoms. The molecule has 0 aliphatic heterocycles. The van der Waals surface area contributed by atoms with Gasteiger partial charge in [0.2, 0.25) is 0 Å². The van der Waals surface area contributed by atoms with E-state index in [2.05, 4.69) is 10.3 Å². The van der Waals surface area contributed by atoms with Gasteiger partial charge in [-0.25, -0.2) is 4.79 Å². The fraction of sp³-hybridized carbons (Fsp3) is 0. The topological polar surface area (TPSA) is 67.3 Å². The molecular formula is C7H3NO3S. The molecule has 4 nitrogen and oxygen atoms in total. The molecule has 1 aromatic rings. The SMILES string of the molecule is O=Cc1sncc1C#CC(=O)O. The second kappa shape index (κ2) is 3.64. The maximum atomic E-state index is 10.3. The Balaban J connectivity index is 2.98. The van der Waals surface area contributed by atoms with Gasteiger partial charge in [-0.05, 0) is 11.5 Å². The number of hydrogen-bond acceptors (Lipinski definition) is 4. The van der Waals surface area contributed by atoms with Gasteiger partial charge >= 0.3 is 5.97 Å². The van der Waals surface area contributed by atoms with Crippen LogP contribution in [0.5, 0.6) is 0 Å². The number of hydrogen-bond donors (Lipinski definition) is 1. The van der Waals surface area contributed by atoms with Crippen molar-refractivity contribution in [2.45, 2.75) is 0 Å². The summed E-state index contributed by atoms with van der Waals surface area (Å²) in [6, 6.07) is 0. The first-order valence-electron chi connectivity index (χ1n) is 2.89. The molecule has 0 aliphatic rings. The minimum Gasteiger partial charge on any atom is -0.472 e. The molecule has 0 aromatic carbocycles. The van der Waals surface area contributed by atoms with Crippen molar-refractivity contribution in [2.24, 2.45) is 0 Å². The van der Waals surface area contributed by atoms with Gasteiger partial charge in [0, 0.05) is 5.92 Å². The van der Waals surface area contributed by atoms with Crippen LogP contribution in [-0.4, -0.2) is 21.7 Å². The predicted molar refractivity (Wildman–Crippen MR) is 42.0 cm³/mol. The molecule has 0 fully saturated rings. The summed E-state index contributed by atoms with van der Waals surface area (Å²) in [4.78, 5) is 20.7. The third-order valence-corrected chi connectivity index (χ3v) is 1.73. The molecular weight excluding hydrogens is 178 g/mol. The van der Waals surface area contributed by atoms with E-state index in [9.17, 15) is 9.59 Å². The Morgan fingerprint density at radius 3 is 3.08 bits per heavy atom. The molecule has 1 aromatic heterocycles. The van der Waals surface area contributed by atoms with Crippen LogP contribution in [0.3, 0.4) is 0 Å². The molecule has 5 heteroatoms. The van der Waals surface area contributed by atoms with Crippen molar-refractivity contribution in [2.75, 3.05) is 0 Å². The van der Waals surface area contributed by atoms with E-state index in [4.69, 9.17) is 5.11 Å². The summed E-state index contributed by atoms with van der Waals surface area (Å²) in [6.07, 6.45) is 1.97. The molecule has 1 rings (SSSR count). The largest absolute Gasteiger partial charge is 0.472 e. The van der Waals surface area contributed by atoms with E-state index in [0.29, 0.717) is 16.7 Å². The molecule has 1 N–H and O–H groups in total. The zero-order chi connectivity index (χ0) is 8.97. The molecule has 0 aliphatic carbocycles. The van der Waals surface area contributed by atoms with E-state index in [0.717, 1.165) is 11.5 Å². The first kappa shape index (κ1) is 8.43. The van der Waals surface area contributed by atoms with Crippen LogP contribution in [0.15, 0.2) is 6.20 Å². The maximum absolute atomic E-state index is 10.3. The van der Waals surface area contributed by atoms with E-state index in [1.807, 2.05) is 5.92 Å². The van der Waals surface area contributed by atoms with Crippen molar-refractivity contribution in [3.8, 4) is 11.8 Å². The maximum Gasteiger partial charge on any atom is 0.382 e. The number of aldehydes is 1. The molecule has 0 unspecified atom stereocenters. The van der Waals surface area contributed by atoms with Crippen LogP contribution in [0.25, 0.3) is 0 Å². The normalized spacial score (nSPS) is 8.33. The summed E-state index contributed by atoms with van der Waals surface area (Å²) >= 11 is 0.988. The van der Waals surface area contributed by atoms with Crippen molar-refractivity contribution in [3.05, 3.63) is 16.6 Å². The van der Waals surface area contributed by atoms with E-state index in [-0.39, 0.29) is 0 Å². The van der Waals surface area contributed by atoms with Crippen molar-refractivity contribution < 1.29 is 14.7 Å². The van der Waals surface area contributed by atoms with Gasteiger partial charge in [-0.1, -0.05) is 5.92 Å². The summed E-state index contributed by atoms with van der Waals surface area (Å²) < 4.78 is 3.69. The Labute approximate surface area is 72.0 Å². The average molecular weight is 181 g/mol. The molecule has 0 spiro atoms. The highest BCUT2D eigenvalue weighted by Crippen LogP contribution is 2.08. The second-order valence-electron chi connectivity index (χ2n) is 1.78. The smallest absolute Gasteiger partial charge is 0.382 e. The Morgan fingerprint density at radius 2 is 2.50 bits per heavy atom. The average Bonchev–Trinajstić information content (AvgIpc) is 2.47. The number of aliphatic carboxylic acids is 1. The molecule has 0 saturated heterocycles. The van der Waals surface area contributed by atoms with Gasteiger partial charge in [-0.3, -0.25) is 4.79 Å². The molecule has 0 atom stereocenters. The van der Waals surface area contributed by atoms with E-state index in [1.165, 1.54) is 6.20 Å². The van der Waals surface area contributed by atoms with Crippen LogP contribution in [0.4, 0.5) is 0 Å². The van der Waals surface area contributed by atoms with Crippen LogP contribution < -0.4 is 0 Å². The first-order valence-corrected chi connectivity index (χ1v) is 3.66. The van der Waals surface area contributed by atoms with Crippen LogP contribution in [0.2, 0.25) is 0 Å². The van der Waals surface area contributed by atoms with Gasteiger partial charge in [-0.2, -0.15) is 4.37 Å². The molecule has 0 bridgehead atoms. The summed E-state index contributed by atoms with van der Waals surface area (Å²) in [7, 11) is 0. The van der Waals surface area contributed by atoms with Crippen LogP contribution in [0.1, 0.15) is 15.2 Å². The van der Waals surface area contributed by atoms with Gasteiger partial charge < -0.3 is 5.11 Å². The fourth-order valence-electron chi connectivity index (χ4n) is 0.548. The van der Waals surface area contributed by atoms with Crippen molar-refractivity contribution in [1.82, 2.24) is 4.37 Å². The van der Waals surface area contributed by atoms with E-state index < -0.39 is 5.97 Å². The highest BCUT2D eigenvalue weighted by atomic mass is 32.1. The van der Waals surface area contributed by atoms with Crippen molar-refractivity contribution in [1.29, 1.82) is 0 Å². The lowest BCUT2D eigenvalue weighted by atomic mass is 10.3. The number of nitrogens with zero attached hydrogens (tertiary/aromatic N) is 1. The monoisotopic (exact) mass is 181 g/mol. The second-order valence-corrected chi connectivity index (χ2v) is 2.61. The quantitative estimate of drug-likeness (QED) is 0.502. The molecule has 0 radical (unpaired) electrons. The summed E-state index contributed by atoms with van der Waals surface area (Å²) in [5.41, 5.74) is 0.359. The Hall–Kier alpha value is -1.67. The number of carbonyl (C=O) groups is 2. The van der Waals surface area contributed by atoms with E-state index in [1.54, 1.807) is 0 Å². The number of carboxylic acid groups (broad SMARTS) is 1. The molecule has 0 saturated carbocycles. The number of carboxylic acids is 1. The summed E-state index contributed by atoms with van der Waals surface area (Å²) in [5, 5.41) is 8.20. The fourth-order valence-corrected chi connectivity index (χ4v) is 1.07. The van der Waals surface area contributed by atoms with Gasteiger partial charge in [-0.15, -0.1) is 0 Å². The van der Waals surface area contributed by atoms with Gasteiger partial charge in [0.25, 0.3) is 0 Å². The zero-order valence-corrected chi connectivity index (χ0v) is 6.59. The summed E-state index contributed by atoms with van der Waals surface area (Å²) in [6.45, 7) is 0. The predicted octanol–water partition coefficient (Wildman–Crippen LogP) is 0.392. The zero-order valence-electron chi connectivity index (χ0n) is 5.77. The Kier molecular flexibility index (Phi) is 2.56. The van der Waals surface area contributed by atoms with Crippen LogP contribution >= 0.6 is 11.5 Å². The van der Waals surface area contributed by atoms with Gasteiger partial charge in [0.15, 0.2) is 6.29 Å². The number of rotatable bonds is 1. The minimum absolute atomic E-state index is 0.351.